The minimum absolute atomic E-state index is 0.567. The van der Waals surface area contributed by atoms with E-state index in [-0.39, 0.29) is 0 Å². The second kappa shape index (κ2) is 5.56. The number of benzene rings is 1. The lowest BCUT2D eigenvalue weighted by atomic mass is 10.3. The van der Waals surface area contributed by atoms with Crippen molar-refractivity contribution in [3.63, 3.8) is 0 Å². The SMILES string of the molecule is CCc1ccc(COc2c(N)cccc2Br)s1. The van der Waals surface area contributed by atoms with Gasteiger partial charge in [-0.15, -0.1) is 11.3 Å². The molecule has 1 heterocycles. The summed E-state index contributed by atoms with van der Waals surface area (Å²) in [6.07, 6.45) is 1.07. The molecule has 0 saturated heterocycles. The van der Waals surface area contributed by atoms with Gasteiger partial charge in [0.2, 0.25) is 0 Å². The molecule has 0 aliphatic rings. The molecule has 2 nitrogen and oxygen atoms in total. The Labute approximate surface area is 114 Å². The van der Waals surface area contributed by atoms with Gasteiger partial charge in [-0.1, -0.05) is 13.0 Å². The van der Waals surface area contributed by atoms with E-state index in [4.69, 9.17) is 10.5 Å². The number of rotatable bonds is 4. The van der Waals surface area contributed by atoms with Crippen molar-refractivity contribution >= 4 is 33.0 Å². The van der Waals surface area contributed by atoms with Gasteiger partial charge in [0.15, 0.2) is 5.75 Å². The number of nitrogen functional groups attached to an aromatic ring is 1. The summed E-state index contributed by atoms with van der Waals surface area (Å²) in [4.78, 5) is 2.60. The first-order valence-corrected chi connectivity index (χ1v) is 7.06. The maximum Gasteiger partial charge on any atom is 0.156 e. The maximum absolute atomic E-state index is 5.87. The molecule has 0 spiro atoms. The Bertz CT molecular complexity index is 490. The summed E-state index contributed by atoms with van der Waals surface area (Å²) in [5.41, 5.74) is 6.52. The lowest BCUT2D eigenvalue weighted by molar-refractivity contribution is 0.309. The number of hydrogen-bond donors (Lipinski definition) is 1. The number of para-hydroxylation sites is 1. The largest absolute Gasteiger partial charge is 0.485 e. The van der Waals surface area contributed by atoms with Crippen LogP contribution in [0.4, 0.5) is 5.69 Å². The predicted molar refractivity (Wildman–Crippen MR) is 76.6 cm³/mol. The summed E-state index contributed by atoms with van der Waals surface area (Å²) in [7, 11) is 0. The van der Waals surface area contributed by atoms with Gasteiger partial charge in [0.1, 0.15) is 6.61 Å². The van der Waals surface area contributed by atoms with Crippen LogP contribution >= 0.6 is 27.3 Å². The Hall–Kier alpha value is -1.000. The van der Waals surface area contributed by atoms with E-state index in [0.717, 1.165) is 16.6 Å². The molecule has 2 aromatic rings. The molecule has 1 aromatic carbocycles. The highest BCUT2D eigenvalue weighted by Crippen LogP contribution is 2.32. The molecule has 0 aliphatic carbocycles. The molecular weight excluding hydrogens is 298 g/mol. The lowest BCUT2D eigenvalue weighted by Crippen LogP contribution is -1.97. The molecule has 2 N–H and O–H groups in total. The number of halogens is 1. The molecule has 2 rings (SSSR count). The summed E-state index contributed by atoms with van der Waals surface area (Å²) < 4.78 is 6.64. The molecule has 0 radical (unpaired) electrons. The van der Waals surface area contributed by atoms with Crippen LogP contribution in [-0.4, -0.2) is 0 Å². The first-order valence-electron chi connectivity index (χ1n) is 5.45. The Balaban J connectivity index is 2.07. The minimum Gasteiger partial charge on any atom is -0.485 e. The monoisotopic (exact) mass is 311 g/mol. The molecule has 0 saturated carbocycles. The topological polar surface area (TPSA) is 35.2 Å². The molecule has 1 aromatic heterocycles. The minimum atomic E-state index is 0.567. The first-order chi connectivity index (χ1) is 8.20. The average molecular weight is 312 g/mol. The normalized spacial score (nSPS) is 10.5. The lowest BCUT2D eigenvalue weighted by Gasteiger charge is -2.09. The highest BCUT2D eigenvalue weighted by atomic mass is 79.9. The Morgan fingerprint density at radius 1 is 1.24 bits per heavy atom. The van der Waals surface area contributed by atoms with Gasteiger partial charge in [0.25, 0.3) is 0 Å². The number of thiophene rings is 1. The molecule has 4 heteroatoms. The maximum atomic E-state index is 5.87. The van der Waals surface area contributed by atoms with E-state index in [9.17, 15) is 0 Å². The van der Waals surface area contributed by atoms with Crippen LogP contribution < -0.4 is 10.5 Å². The fourth-order valence-corrected chi connectivity index (χ4v) is 2.88. The van der Waals surface area contributed by atoms with Crippen LogP contribution in [0.1, 0.15) is 16.7 Å². The molecule has 90 valence electrons. The Morgan fingerprint density at radius 3 is 2.65 bits per heavy atom. The van der Waals surface area contributed by atoms with Crippen molar-refractivity contribution in [3.05, 3.63) is 44.6 Å². The fraction of sp³-hybridized carbons (Fsp3) is 0.231. The van der Waals surface area contributed by atoms with Gasteiger partial charge in [-0.3, -0.25) is 0 Å². The molecule has 0 bridgehead atoms. The third kappa shape index (κ3) is 3.01. The summed E-state index contributed by atoms with van der Waals surface area (Å²) in [5, 5.41) is 0. The van der Waals surface area contributed by atoms with Crippen molar-refractivity contribution in [3.8, 4) is 5.75 Å². The van der Waals surface area contributed by atoms with Crippen LogP contribution in [0.15, 0.2) is 34.8 Å². The predicted octanol–water partition coefficient (Wildman–Crippen LogP) is 4.23. The molecule has 17 heavy (non-hydrogen) atoms. The van der Waals surface area contributed by atoms with Crippen molar-refractivity contribution in [1.82, 2.24) is 0 Å². The second-order valence-corrected chi connectivity index (χ2v) is 5.78. The molecule has 0 unspecified atom stereocenters. The second-order valence-electron chi connectivity index (χ2n) is 3.67. The van der Waals surface area contributed by atoms with Gasteiger partial charge >= 0.3 is 0 Å². The number of ether oxygens (including phenoxy) is 1. The molecule has 0 aliphatic heterocycles. The van der Waals surface area contributed by atoms with Gasteiger partial charge in [-0.2, -0.15) is 0 Å². The average Bonchev–Trinajstić information content (AvgIpc) is 2.76. The first kappa shape index (κ1) is 12.5. The van der Waals surface area contributed by atoms with E-state index in [1.165, 1.54) is 9.75 Å². The van der Waals surface area contributed by atoms with Gasteiger partial charge in [-0.25, -0.2) is 0 Å². The number of nitrogens with two attached hydrogens (primary N) is 1. The van der Waals surface area contributed by atoms with E-state index >= 15 is 0 Å². The standard InChI is InChI=1S/C13H14BrNOS/c1-2-9-6-7-10(17-9)8-16-13-11(14)4-3-5-12(13)15/h3-7H,2,8,15H2,1H3. The third-order valence-electron chi connectivity index (χ3n) is 2.42. The van der Waals surface area contributed by atoms with E-state index in [1.807, 2.05) is 18.2 Å². The smallest absolute Gasteiger partial charge is 0.156 e. The van der Waals surface area contributed by atoms with Crippen LogP contribution in [-0.2, 0) is 13.0 Å². The van der Waals surface area contributed by atoms with Crippen LogP contribution in [0.3, 0.4) is 0 Å². The van der Waals surface area contributed by atoms with Crippen molar-refractivity contribution < 1.29 is 4.74 Å². The van der Waals surface area contributed by atoms with Crippen LogP contribution in [0.2, 0.25) is 0 Å². The molecule has 0 fully saturated rings. The fourth-order valence-electron chi connectivity index (χ4n) is 1.51. The Morgan fingerprint density at radius 2 is 2.00 bits per heavy atom. The zero-order chi connectivity index (χ0) is 12.3. The van der Waals surface area contributed by atoms with Gasteiger partial charge in [0.05, 0.1) is 10.2 Å². The third-order valence-corrected chi connectivity index (χ3v) is 4.25. The van der Waals surface area contributed by atoms with Gasteiger partial charge < -0.3 is 10.5 Å². The Kier molecular flexibility index (Phi) is 4.07. The van der Waals surface area contributed by atoms with Gasteiger partial charge in [-0.05, 0) is 46.6 Å². The highest BCUT2D eigenvalue weighted by molar-refractivity contribution is 9.10. The number of hydrogen-bond acceptors (Lipinski definition) is 3. The quantitative estimate of drug-likeness (QED) is 0.857. The van der Waals surface area contributed by atoms with Gasteiger partial charge in [0, 0.05) is 9.75 Å². The summed E-state index contributed by atoms with van der Waals surface area (Å²) in [6.45, 7) is 2.72. The molecular formula is C13H14BrNOS. The number of anilines is 1. The highest BCUT2D eigenvalue weighted by Gasteiger charge is 2.06. The van der Waals surface area contributed by atoms with Crippen molar-refractivity contribution in [2.24, 2.45) is 0 Å². The van der Waals surface area contributed by atoms with E-state index in [1.54, 1.807) is 11.3 Å². The van der Waals surface area contributed by atoms with Crippen LogP contribution in [0.25, 0.3) is 0 Å². The molecule has 0 amide bonds. The zero-order valence-corrected chi connectivity index (χ0v) is 12.0. The van der Waals surface area contributed by atoms with E-state index in [2.05, 4.69) is 35.0 Å². The van der Waals surface area contributed by atoms with Crippen LogP contribution in [0, 0.1) is 0 Å². The van der Waals surface area contributed by atoms with Crippen molar-refractivity contribution in [1.29, 1.82) is 0 Å². The van der Waals surface area contributed by atoms with E-state index in [0.29, 0.717) is 12.3 Å². The number of aryl methyl sites for hydroxylation is 1. The molecule has 0 atom stereocenters. The van der Waals surface area contributed by atoms with Crippen molar-refractivity contribution in [2.75, 3.05) is 5.73 Å². The summed E-state index contributed by atoms with van der Waals surface area (Å²) in [5.74, 6) is 0.721. The summed E-state index contributed by atoms with van der Waals surface area (Å²) >= 11 is 5.22. The van der Waals surface area contributed by atoms with E-state index < -0.39 is 0 Å². The van der Waals surface area contributed by atoms with Crippen LogP contribution in [0.5, 0.6) is 5.75 Å². The van der Waals surface area contributed by atoms with Crippen molar-refractivity contribution in [2.45, 2.75) is 20.0 Å². The summed E-state index contributed by atoms with van der Waals surface area (Å²) in [6, 6.07) is 9.92. The zero-order valence-electron chi connectivity index (χ0n) is 9.57.